The predicted molar refractivity (Wildman–Crippen MR) is 70.4 cm³/mol. The number of carbonyl (C=O) groups excluding carboxylic acids is 2. The van der Waals surface area contributed by atoms with Crippen LogP contribution in [0.3, 0.4) is 0 Å². The third-order valence-corrected chi connectivity index (χ3v) is 2.37. The van der Waals surface area contributed by atoms with Crippen LogP contribution in [0.1, 0.15) is 34.6 Å². The number of benzene rings is 1. The normalized spacial score (nSPS) is 10.4. The third kappa shape index (κ3) is 4.55. The molecule has 0 aliphatic heterocycles. The summed E-state index contributed by atoms with van der Waals surface area (Å²) < 4.78 is 0. The second-order valence-electron chi connectivity index (χ2n) is 4.31. The SMILES string of the molecule is CC(C)NCCNC(=O)c1cccc(C(N)=O)c1. The summed E-state index contributed by atoms with van der Waals surface area (Å²) in [6, 6.07) is 6.76. The van der Waals surface area contributed by atoms with Crippen molar-refractivity contribution in [3.8, 4) is 0 Å². The van der Waals surface area contributed by atoms with E-state index in [1.165, 1.54) is 6.07 Å². The molecule has 5 heteroatoms. The van der Waals surface area contributed by atoms with Crippen LogP contribution in [0.15, 0.2) is 24.3 Å². The van der Waals surface area contributed by atoms with Crippen molar-refractivity contribution in [2.24, 2.45) is 5.73 Å². The molecule has 1 rings (SSSR count). The van der Waals surface area contributed by atoms with Gasteiger partial charge in [-0.3, -0.25) is 9.59 Å². The predicted octanol–water partition coefficient (Wildman–Crippen LogP) is 0.513. The van der Waals surface area contributed by atoms with Crippen LogP contribution in [-0.2, 0) is 0 Å². The zero-order valence-electron chi connectivity index (χ0n) is 10.7. The summed E-state index contributed by atoms with van der Waals surface area (Å²) in [5.41, 5.74) is 5.93. The van der Waals surface area contributed by atoms with Gasteiger partial charge in [-0.25, -0.2) is 0 Å². The van der Waals surface area contributed by atoms with Gasteiger partial charge in [0, 0.05) is 30.3 Å². The Balaban J connectivity index is 2.51. The van der Waals surface area contributed by atoms with Crippen molar-refractivity contribution in [1.82, 2.24) is 10.6 Å². The smallest absolute Gasteiger partial charge is 0.251 e. The van der Waals surface area contributed by atoms with Gasteiger partial charge in [-0.2, -0.15) is 0 Å². The van der Waals surface area contributed by atoms with Gasteiger partial charge in [0.2, 0.25) is 5.91 Å². The van der Waals surface area contributed by atoms with E-state index in [4.69, 9.17) is 5.73 Å². The monoisotopic (exact) mass is 249 g/mol. The molecule has 0 aromatic heterocycles. The first-order chi connectivity index (χ1) is 8.50. The average Bonchev–Trinajstić information content (AvgIpc) is 2.34. The fraction of sp³-hybridized carbons (Fsp3) is 0.385. The molecule has 98 valence electrons. The van der Waals surface area contributed by atoms with Gasteiger partial charge < -0.3 is 16.4 Å². The van der Waals surface area contributed by atoms with Gasteiger partial charge in [0.25, 0.3) is 5.91 Å². The quantitative estimate of drug-likeness (QED) is 0.642. The summed E-state index contributed by atoms with van der Waals surface area (Å²) in [6.45, 7) is 5.33. The van der Waals surface area contributed by atoms with Crippen LogP contribution in [0, 0.1) is 0 Å². The molecule has 0 aliphatic carbocycles. The second-order valence-corrected chi connectivity index (χ2v) is 4.31. The molecule has 0 saturated carbocycles. The zero-order chi connectivity index (χ0) is 13.5. The molecule has 0 atom stereocenters. The average molecular weight is 249 g/mol. The molecule has 0 radical (unpaired) electrons. The Hall–Kier alpha value is -1.88. The maximum absolute atomic E-state index is 11.8. The van der Waals surface area contributed by atoms with Gasteiger partial charge in [-0.15, -0.1) is 0 Å². The number of nitrogens with one attached hydrogen (secondary N) is 2. The van der Waals surface area contributed by atoms with Crippen LogP contribution in [0.2, 0.25) is 0 Å². The van der Waals surface area contributed by atoms with Crippen LogP contribution in [0.4, 0.5) is 0 Å². The van der Waals surface area contributed by atoms with Gasteiger partial charge >= 0.3 is 0 Å². The molecular formula is C13H19N3O2. The molecule has 18 heavy (non-hydrogen) atoms. The highest BCUT2D eigenvalue weighted by atomic mass is 16.2. The number of amides is 2. The molecule has 1 aromatic carbocycles. The number of carbonyl (C=O) groups is 2. The van der Waals surface area contributed by atoms with Crippen LogP contribution < -0.4 is 16.4 Å². The first kappa shape index (κ1) is 14.2. The topological polar surface area (TPSA) is 84.2 Å². The molecule has 0 aliphatic rings. The number of primary amides is 1. The number of hydrogen-bond donors (Lipinski definition) is 3. The third-order valence-electron chi connectivity index (χ3n) is 2.37. The van der Waals surface area contributed by atoms with Crippen molar-refractivity contribution in [1.29, 1.82) is 0 Å². The van der Waals surface area contributed by atoms with Crippen molar-refractivity contribution in [2.75, 3.05) is 13.1 Å². The number of hydrogen-bond acceptors (Lipinski definition) is 3. The maximum Gasteiger partial charge on any atom is 0.251 e. The van der Waals surface area contributed by atoms with Gasteiger partial charge in [0.15, 0.2) is 0 Å². The van der Waals surface area contributed by atoms with Crippen molar-refractivity contribution >= 4 is 11.8 Å². The Bertz CT molecular complexity index is 430. The molecule has 5 nitrogen and oxygen atoms in total. The number of rotatable bonds is 6. The van der Waals surface area contributed by atoms with E-state index in [1.807, 2.05) is 13.8 Å². The minimum atomic E-state index is -0.536. The van der Waals surface area contributed by atoms with Gasteiger partial charge in [0.05, 0.1) is 0 Å². The Morgan fingerprint density at radius 3 is 2.50 bits per heavy atom. The van der Waals surface area contributed by atoms with E-state index in [2.05, 4.69) is 10.6 Å². The maximum atomic E-state index is 11.8. The van der Waals surface area contributed by atoms with E-state index < -0.39 is 5.91 Å². The summed E-state index contributed by atoms with van der Waals surface area (Å²) in [7, 11) is 0. The largest absolute Gasteiger partial charge is 0.366 e. The summed E-state index contributed by atoms with van der Waals surface area (Å²) in [6.07, 6.45) is 0. The van der Waals surface area contributed by atoms with E-state index in [9.17, 15) is 9.59 Å². The fourth-order valence-corrected chi connectivity index (χ4v) is 1.45. The second kappa shape index (κ2) is 6.76. The molecule has 0 unspecified atom stereocenters. The molecule has 0 saturated heterocycles. The van der Waals surface area contributed by atoms with E-state index >= 15 is 0 Å². The highest BCUT2D eigenvalue weighted by Crippen LogP contribution is 2.04. The summed E-state index contributed by atoms with van der Waals surface area (Å²) in [5.74, 6) is -0.741. The minimum Gasteiger partial charge on any atom is -0.366 e. The van der Waals surface area contributed by atoms with Crippen LogP contribution in [-0.4, -0.2) is 30.9 Å². The van der Waals surface area contributed by atoms with Crippen molar-refractivity contribution in [2.45, 2.75) is 19.9 Å². The summed E-state index contributed by atoms with van der Waals surface area (Å²) in [5, 5.41) is 5.96. The highest BCUT2D eigenvalue weighted by Gasteiger charge is 2.07. The molecule has 0 spiro atoms. The summed E-state index contributed by atoms with van der Waals surface area (Å²) in [4.78, 5) is 22.8. The van der Waals surface area contributed by atoms with Crippen LogP contribution >= 0.6 is 0 Å². The first-order valence-electron chi connectivity index (χ1n) is 5.92. The fourth-order valence-electron chi connectivity index (χ4n) is 1.45. The molecular weight excluding hydrogens is 230 g/mol. The lowest BCUT2D eigenvalue weighted by molar-refractivity contribution is 0.0953. The van der Waals surface area contributed by atoms with Gasteiger partial charge in [0.1, 0.15) is 0 Å². The Morgan fingerprint density at radius 1 is 1.22 bits per heavy atom. The Morgan fingerprint density at radius 2 is 1.89 bits per heavy atom. The van der Waals surface area contributed by atoms with Gasteiger partial charge in [-0.05, 0) is 18.2 Å². The van der Waals surface area contributed by atoms with Gasteiger partial charge in [-0.1, -0.05) is 19.9 Å². The minimum absolute atomic E-state index is 0.205. The molecule has 0 bridgehead atoms. The van der Waals surface area contributed by atoms with E-state index in [0.29, 0.717) is 30.3 Å². The molecule has 4 N–H and O–H groups in total. The molecule has 2 amide bonds. The lowest BCUT2D eigenvalue weighted by atomic mass is 10.1. The molecule has 1 aromatic rings. The Labute approximate surface area is 107 Å². The van der Waals surface area contributed by atoms with Crippen molar-refractivity contribution < 1.29 is 9.59 Å². The molecule has 0 heterocycles. The van der Waals surface area contributed by atoms with E-state index in [0.717, 1.165) is 0 Å². The van der Waals surface area contributed by atoms with E-state index in [-0.39, 0.29) is 5.91 Å². The summed E-state index contributed by atoms with van der Waals surface area (Å²) >= 11 is 0. The lowest BCUT2D eigenvalue weighted by Gasteiger charge is -2.09. The van der Waals surface area contributed by atoms with Crippen molar-refractivity contribution in [3.63, 3.8) is 0 Å². The Kier molecular flexibility index (Phi) is 5.32. The number of nitrogens with two attached hydrogens (primary N) is 1. The highest BCUT2D eigenvalue weighted by molar-refractivity contribution is 5.99. The first-order valence-corrected chi connectivity index (χ1v) is 5.92. The zero-order valence-corrected chi connectivity index (χ0v) is 10.7. The molecule has 0 fully saturated rings. The van der Waals surface area contributed by atoms with Crippen LogP contribution in [0.5, 0.6) is 0 Å². The van der Waals surface area contributed by atoms with Crippen molar-refractivity contribution in [3.05, 3.63) is 35.4 Å². The van der Waals surface area contributed by atoms with E-state index in [1.54, 1.807) is 18.2 Å². The van der Waals surface area contributed by atoms with Crippen LogP contribution in [0.25, 0.3) is 0 Å². The standard InChI is InChI=1S/C13H19N3O2/c1-9(2)15-6-7-16-13(18)11-5-3-4-10(8-11)12(14)17/h3-5,8-9,15H,6-7H2,1-2H3,(H2,14,17)(H,16,18). The lowest BCUT2D eigenvalue weighted by Crippen LogP contribution is -2.34.